The van der Waals surface area contributed by atoms with E-state index in [1.807, 2.05) is 32.0 Å². The van der Waals surface area contributed by atoms with E-state index in [1.54, 1.807) is 13.8 Å². The zero-order valence-electron chi connectivity index (χ0n) is 15.6. The van der Waals surface area contributed by atoms with Gasteiger partial charge in [-0.25, -0.2) is 8.42 Å². The molecule has 0 radical (unpaired) electrons. The number of rotatable bonds is 4. The number of benzene rings is 1. The summed E-state index contributed by atoms with van der Waals surface area (Å²) in [4.78, 5) is 13.0. The Labute approximate surface area is 154 Å². The minimum Gasteiger partial charge on any atom is -0.360 e. The van der Waals surface area contributed by atoms with Crippen LogP contribution in [0.3, 0.4) is 0 Å². The molecule has 3 rings (SSSR count). The molecule has 0 aliphatic carbocycles. The number of nitrogens with zero attached hydrogens (tertiary/aromatic N) is 2. The third-order valence-corrected chi connectivity index (χ3v) is 7.19. The van der Waals surface area contributed by atoms with Crippen molar-refractivity contribution in [3.05, 3.63) is 46.3 Å². The van der Waals surface area contributed by atoms with Crippen LogP contribution in [-0.4, -0.2) is 36.8 Å². The van der Waals surface area contributed by atoms with Gasteiger partial charge in [-0.3, -0.25) is 4.79 Å². The predicted octanol–water partition coefficient (Wildman–Crippen LogP) is 3.19. The fraction of sp³-hybridized carbons (Fsp3) is 0.474. The van der Waals surface area contributed by atoms with E-state index in [1.165, 1.54) is 4.31 Å². The van der Waals surface area contributed by atoms with E-state index in [9.17, 15) is 13.2 Å². The summed E-state index contributed by atoms with van der Waals surface area (Å²) in [5.74, 6) is 0.267. The van der Waals surface area contributed by atoms with E-state index < -0.39 is 10.0 Å². The molecule has 0 atom stereocenters. The lowest BCUT2D eigenvalue weighted by atomic mass is 9.87. The number of carbonyl (C=O) groups excluding carboxylic acids is 1. The largest absolute Gasteiger partial charge is 0.360 e. The number of hydrogen-bond acceptors (Lipinski definition) is 5. The summed E-state index contributed by atoms with van der Waals surface area (Å²) in [6.07, 6.45) is 1.05. The van der Waals surface area contributed by atoms with E-state index in [4.69, 9.17) is 4.52 Å². The second-order valence-electron chi connectivity index (χ2n) is 7.01. The van der Waals surface area contributed by atoms with Gasteiger partial charge in [0.2, 0.25) is 10.0 Å². The predicted molar refractivity (Wildman–Crippen MR) is 97.7 cm³/mol. The smallest absolute Gasteiger partial charge is 0.248 e. The van der Waals surface area contributed by atoms with Crippen molar-refractivity contribution in [2.24, 2.45) is 5.92 Å². The fourth-order valence-corrected chi connectivity index (χ4v) is 5.31. The molecule has 1 fully saturated rings. The summed E-state index contributed by atoms with van der Waals surface area (Å²) in [5, 5.41) is 3.74. The van der Waals surface area contributed by atoms with Crippen molar-refractivity contribution in [3.8, 4) is 0 Å². The summed E-state index contributed by atoms with van der Waals surface area (Å²) >= 11 is 0. The zero-order chi connectivity index (χ0) is 19.1. The van der Waals surface area contributed by atoms with Gasteiger partial charge >= 0.3 is 0 Å². The maximum Gasteiger partial charge on any atom is 0.248 e. The van der Waals surface area contributed by atoms with Crippen molar-refractivity contribution < 1.29 is 17.7 Å². The monoisotopic (exact) mass is 376 g/mol. The maximum absolute atomic E-state index is 12.9. The van der Waals surface area contributed by atoms with Crippen molar-refractivity contribution in [3.63, 3.8) is 0 Å². The third kappa shape index (κ3) is 3.33. The highest BCUT2D eigenvalue weighted by molar-refractivity contribution is 7.89. The molecular formula is C19H24N2O4S. The Morgan fingerprint density at radius 1 is 1.15 bits per heavy atom. The van der Waals surface area contributed by atoms with Crippen LogP contribution >= 0.6 is 0 Å². The first kappa shape index (κ1) is 18.8. The highest BCUT2D eigenvalue weighted by atomic mass is 32.2. The number of carbonyl (C=O) groups is 1. The maximum atomic E-state index is 12.9. The van der Waals surface area contributed by atoms with Crippen LogP contribution in [0, 0.1) is 33.6 Å². The summed E-state index contributed by atoms with van der Waals surface area (Å²) < 4.78 is 32.2. The third-order valence-electron chi connectivity index (χ3n) is 5.05. The molecule has 1 aromatic heterocycles. The van der Waals surface area contributed by atoms with Crippen molar-refractivity contribution in [1.82, 2.24) is 9.46 Å². The lowest BCUT2D eigenvalue weighted by Crippen LogP contribution is -2.40. The number of sulfonamides is 1. The molecule has 0 bridgehead atoms. The Kier molecular flexibility index (Phi) is 5.03. The van der Waals surface area contributed by atoms with Gasteiger partial charge in [0.15, 0.2) is 11.5 Å². The van der Waals surface area contributed by atoms with E-state index >= 15 is 0 Å². The van der Waals surface area contributed by atoms with Gasteiger partial charge in [-0.1, -0.05) is 22.9 Å². The molecule has 7 heteroatoms. The minimum atomic E-state index is -3.64. The molecule has 0 amide bonds. The summed E-state index contributed by atoms with van der Waals surface area (Å²) in [7, 11) is -3.64. The number of Topliss-reactive ketones (excluding diaryl/α,β-unsaturated/α-hetero) is 1. The van der Waals surface area contributed by atoms with E-state index in [0.29, 0.717) is 37.4 Å². The summed E-state index contributed by atoms with van der Waals surface area (Å²) in [5.41, 5.74) is 3.14. The average Bonchev–Trinajstić information content (AvgIpc) is 2.95. The van der Waals surface area contributed by atoms with E-state index in [0.717, 1.165) is 16.7 Å². The molecule has 0 unspecified atom stereocenters. The SMILES string of the molecule is Cc1ccc(C)c(C(=O)C2CCN(S(=O)(=O)c3c(C)noc3C)CC2)c1. The highest BCUT2D eigenvalue weighted by Crippen LogP contribution is 2.29. The molecule has 1 aliphatic rings. The minimum absolute atomic E-state index is 0.112. The van der Waals surface area contributed by atoms with Crippen LogP contribution in [0.4, 0.5) is 0 Å². The first-order chi connectivity index (χ1) is 12.2. The van der Waals surface area contributed by atoms with Gasteiger partial charge in [0, 0.05) is 24.6 Å². The fourth-order valence-electron chi connectivity index (χ4n) is 3.55. The Balaban J connectivity index is 1.75. The lowest BCUT2D eigenvalue weighted by Gasteiger charge is -2.30. The van der Waals surface area contributed by atoms with Crippen LogP contribution in [0.2, 0.25) is 0 Å². The lowest BCUT2D eigenvalue weighted by molar-refractivity contribution is 0.0874. The van der Waals surface area contributed by atoms with Crippen LogP contribution in [0.5, 0.6) is 0 Å². The molecule has 140 valence electrons. The molecule has 1 aliphatic heterocycles. The molecule has 1 saturated heterocycles. The van der Waals surface area contributed by atoms with Gasteiger partial charge in [0.1, 0.15) is 10.6 Å². The second kappa shape index (κ2) is 6.96. The normalized spacial score (nSPS) is 16.8. The molecule has 0 N–H and O–H groups in total. The number of piperidine rings is 1. The van der Waals surface area contributed by atoms with Crippen molar-refractivity contribution >= 4 is 15.8 Å². The van der Waals surface area contributed by atoms with Gasteiger partial charge in [-0.05, 0) is 52.2 Å². The Morgan fingerprint density at radius 2 is 1.81 bits per heavy atom. The Morgan fingerprint density at radius 3 is 2.38 bits per heavy atom. The molecule has 2 aromatic rings. The van der Waals surface area contributed by atoms with Crippen molar-refractivity contribution in [1.29, 1.82) is 0 Å². The Bertz CT molecular complexity index is 919. The van der Waals surface area contributed by atoms with Crippen molar-refractivity contribution in [2.45, 2.75) is 45.4 Å². The van der Waals surface area contributed by atoms with Gasteiger partial charge in [-0.15, -0.1) is 0 Å². The average molecular weight is 376 g/mol. The molecule has 26 heavy (non-hydrogen) atoms. The van der Waals surface area contributed by atoms with Gasteiger partial charge < -0.3 is 4.52 Å². The van der Waals surface area contributed by atoms with Gasteiger partial charge in [0.25, 0.3) is 0 Å². The van der Waals surface area contributed by atoms with Crippen LogP contribution in [0.1, 0.15) is 45.8 Å². The number of hydrogen-bond donors (Lipinski definition) is 0. The van der Waals surface area contributed by atoms with Crippen molar-refractivity contribution in [2.75, 3.05) is 13.1 Å². The zero-order valence-corrected chi connectivity index (χ0v) is 16.4. The van der Waals surface area contributed by atoms with E-state index in [-0.39, 0.29) is 16.6 Å². The summed E-state index contributed by atoms with van der Waals surface area (Å²) in [6.45, 7) is 7.78. The molecule has 0 saturated carbocycles. The number of ketones is 1. The highest BCUT2D eigenvalue weighted by Gasteiger charge is 2.35. The second-order valence-corrected chi connectivity index (χ2v) is 8.89. The number of aromatic nitrogens is 1. The van der Waals surface area contributed by atoms with E-state index in [2.05, 4.69) is 5.16 Å². The molecule has 0 spiro atoms. The standard InChI is InChI=1S/C19H24N2O4S/c1-12-5-6-13(2)17(11-12)18(22)16-7-9-21(10-8-16)26(23,24)19-14(3)20-25-15(19)4/h5-6,11,16H,7-10H2,1-4H3. The summed E-state index contributed by atoms with van der Waals surface area (Å²) in [6, 6.07) is 5.87. The van der Waals surface area contributed by atoms with Gasteiger partial charge in [0.05, 0.1) is 0 Å². The topological polar surface area (TPSA) is 80.5 Å². The molecule has 6 nitrogen and oxygen atoms in total. The van der Waals surface area contributed by atoms with Crippen LogP contribution in [0.15, 0.2) is 27.6 Å². The van der Waals surface area contributed by atoms with Crippen LogP contribution in [0.25, 0.3) is 0 Å². The van der Waals surface area contributed by atoms with Crippen LogP contribution in [-0.2, 0) is 10.0 Å². The van der Waals surface area contributed by atoms with Gasteiger partial charge in [-0.2, -0.15) is 4.31 Å². The molecular weight excluding hydrogens is 352 g/mol. The quantitative estimate of drug-likeness (QED) is 0.766. The number of aryl methyl sites for hydroxylation is 4. The van der Waals surface area contributed by atoms with Crippen LogP contribution < -0.4 is 0 Å². The first-order valence-electron chi connectivity index (χ1n) is 8.76. The Hall–Kier alpha value is -1.99. The first-order valence-corrected chi connectivity index (χ1v) is 10.2. The molecule has 2 heterocycles. The molecule has 1 aromatic carbocycles.